The van der Waals surface area contributed by atoms with E-state index in [9.17, 15) is 0 Å². The van der Waals surface area contributed by atoms with Crippen LogP contribution < -0.4 is 0 Å². The fourth-order valence-electron chi connectivity index (χ4n) is 0.789. The van der Waals surface area contributed by atoms with Gasteiger partial charge in [0.1, 0.15) is 0 Å². The molecule has 0 fully saturated rings. The maximum atomic E-state index is 5.96. The summed E-state index contributed by atoms with van der Waals surface area (Å²) in [7, 11) is -2.69. The summed E-state index contributed by atoms with van der Waals surface area (Å²) in [6.45, 7) is 16.3. The van der Waals surface area contributed by atoms with Crippen molar-refractivity contribution in [3.8, 4) is 0 Å². The molecular formula is C9H22OSi2. The highest BCUT2D eigenvalue weighted by Gasteiger charge is 2.40. The summed E-state index contributed by atoms with van der Waals surface area (Å²) >= 11 is 0. The van der Waals surface area contributed by atoms with Gasteiger partial charge in [-0.15, -0.1) is 12.3 Å². The highest BCUT2D eigenvalue weighted by molar-refractivity contribution is 7.40. The molecule has 0 heterocycles. The van der Waals surface area contributed by atoms with Crippen LogP contribution in [0.15, 0.2) is 12.3 Å². The molecule has 0 spiro atoms. The quantitative estimate of drug-likeness (QED) is 0.623. The van der Waals surface area contributed by atoms with Gasteiger partial charge in [-0.2, -0.15) is 0 Å². The van der Waals surface area contributed by atoms with Crippen molar-refractivity contribution in [2.75, 3.05) is 6.61 Å². The first-order valence-corrected chi connectivity index (χ1v) is 11.6. The first kappa shape index (κ1) is 12.1. The minimum Gasteiger partial charge on any atom is -0.420 e. The normalized spacial score (nSPS) is 13.1. The summed E-state index contributed by atoms with van der Waals surface area (Å²) in [5.74, 6) is 0. The van der Waals surface area contributed by atoms with Gasteiger partial charge in [-0.3, -0.25) is 0 Å². The number of hydrogen-bond acceptors (Lipinski definition) is 1. The second kappa shape index (κ2) is 4.39. The van der Waals surface area contributed by atoms with Crippen LogP contribution in [0.1, 0.15) is 13.3 Å². The molecule has 0 unspecified atom stereocenters. The minimum absolute atomic E-state index is 0.920. The monoisotopic (exact) mass is 202 g/mol. The molecule has 0 aromatic rings. The largest absolute Gasteiger partial charge is 0.420 e. The van der Waals surface area contributed by atoms with Crippen LogP contribution in [0.4, 0.5) is 0 Å². The molecule has 0 aromatic carbocycles. The second-order valence-corrected chi connectivity index (χ2v) is 18.9. The van der Waals surface area contributed by atoms with Gasteiger partial charge in [-0.05, 0) is 19.5 Å². The Morgan fingerprint density at radius 3 is 2.08 bits per heavy atom. The molecule has 0 saturated carbocycles. The van der Waals surface area contributed by atoms with Crippen LogP contribution in [0.2, 0.25) is 26.2 Å². The van der Waals surface area contributed by atoms with Crippen LogP contribution in [0.25, 0.3) is 0 Å². The van der Waals surface area contributed by atoms with Crippen LogP contribution in [-0.4, -0.2) is 22.0 Å². The van der Waals surface area contributed by atoms with Crippen molar-refractivity contribution in [1.29, 1.82) is 0 Å². The van der Waals surface area contributed by atoms with Crippen molar-refractivity contribution in [3.63, 3.8) is 0 Å². The van der Waals surface area contributed by atoms with E-state index in [-0.39, 0.29) is 0 Å². The fraction of sp³-hybridized carbons (Fsp3) is 0.778. The molecule has 0 atom stereocenters. The predicted octanol–water partition coefficient (Wildman–Crippen LogP) is 3.13. The summed E-state index contributed by atoms with van der Waals surface area (Å²) in [6, 6.07) is 0. The van der Waals surface area contributed by atoms with Crippen LogP contribution in [0.3, 0.4) is 0 Å². The minimum atomic E-state index is -1.43. The SMILES string of the molecule is C=C[Si](C)(C)[Si](C)(C)OCCC. The molecule has 0 aliphatic heterocycles. The smallest absolute Gasteiger partial charge is 0.178 e. The van der Waals surface area contributed by atoms with Crippen molar-refractivity contribution in [1.82, 2.24) is 0 Å². The van der Waals surface area contributed by atoms with Crippen LogP contribution >= 0.6 is 0 Å². The molecule has 0 aliphatic carbocycles. The van der Waals surface area contributed by atoms with E-state index in [4.69, 9.17) is 4.43 Å². The Kier molecular flexibility index (Phi) is 4.44. The molecule has 0 aliphatic rings. The Balaban J connectivity index is 4.27. The first-order valence-electron chi connectivity index (χ1n) is 4.65. The lowest BCUT2D eigenvalue weighted by atomic mass is 10.5. The molecule has 0 N–H and O–H groups in total. The van der Waals surface area contributed by atoms with Crippen molar-refractivity contribution < 1.29 is 4.43 Å². The Morgan fingerprint density at radius 1 is 1.25 bits per heavy atom. The molecule has 0 bridgehead atoms. The van der Waals surface area contributed by atoms with Gasteiger partial charge >= 0.3 is 0 Å². The van der Waals surface area contributed by atoms with E-state index in [2.05, 4.69) is 45.4 Å². The van der Waals surface area contributed by atoms with E-state index >= 15 is 0 Å². The van der Waals surface area contributed by atoms with Crippen molar-refractivity contribution in [2.24, 2.45) is 0 Å². The van der Waals surface area contributed by atoms with Crippen molar-refractivity contribution in [2.45, 2.75) is 39.5 Å². The second-order valence-electron chi connectivity index (χ2n) is 4.28. The maximum Gasteiger partial charge on any atom is 0.178 e. The van der Waals surface area contributed by atoms with E-state index in [0.717, 1.165) is 13.0 Å². The molecular weight excluding hydrogens is 180 g/mol. The third-order valence-electron chi connectivity index (χ3n) is 2.73. The third kappa shape index (κ3) is 2.88. The molecule has 0 saturated heterocycles. The van der Waals surface area contributed by atoms with E-state index in [1.165, 1.54) is 0 Å². The molecule has 12 heavy (non-hydrogen) atoms. The fourth-order valence-corrected chi connectivity index (χ4v) is 5.26. The van der Waals surface area contributed by atoms with Gasteiger partial charge in [0.2, 0.25) is 0 Å². The number of rotatable bonds is 5. The Labute approximate surface area is 78.8 Å². The van der Waals surface area contributed by atoms with E-state index in [1.54, 1.807) is 0 Å². The predicted molar refractivity (Wildman–Crippen MR) is 61.4 cm³/mol. The summed E-state index contributed by atoms with van der Waals surface area (Å²) < 4.78 is 5.96. The third-order valence-corrected chi connectivity index (χ3v) is 18.1. The van der Waals surface area contributed by atoms with E-state index in [0.29, 0.717) is 0 Å². The molecule has 0 aromatic heterocycles. The lowest BCUT2D eigenvalue weighted by Gasteiger charge is -2.35. The zero-order valence-electron chi connectivity index (χ0n) is 9.11. The maximum absolute atomic E-state index is 5.96. The molecule has 3 heteroatoms. The van der Waals surface area contributed by atoms with Gasteiger partial charge in [0.05, 0.1) is 7.59 Å². The molecule has 1 nitrogen and oxygen atoms in total. The Hall–Kier alpha value is 0.134. The topological polar surface area (TPSA) is 9.23 Å². The van der Waals surface area contributed by atoms with Gasteiger partial charge in [0.15, 0.2) is 7.83 Å². The summed E-state index contributed by atoms with van der Waals surface area (Å²) in [5, 5.41) is 0. The summed E-state index contributed by atoms with van der Waals surface area (Å²) in [6.07, 6.45) is 1.12. The average molecular weight is 202 g/mol. The Morgan fingerprint density at radius 2 is 1.75 bits per heavy atom. The van der Waals surface area contributed by atoms with Gasteiger partial charge < -0.3 is 4.43 Å². The lowest BCUT2D eigenvalue weighted by molar-refractivity contribution is 0.318. The summed E-state index contributed by atoms with van der Waals surface area (Å²) in [4.78, 5) is 0. The molecule has 0 amide bonds. The Bertz CT molecular complexity index is 153. The van der Waals surface area contributed by atoms with Gasteiger partial charge in [0.25, 0.3) is 0 Å². The van der Waals surface area contributed by atoms with Gasteiger partial charge in [-0.25, -0.2) is 0 Å². The zero-order chi connectivity index (χ0) is 9.83. The molecule has 0 radical (unpaired) electrons. The highest BCUT2D eigenvalue weighted by Crippen LogP contribution is 2.21. The standard InChI is InChI=1S/C9H22OSi2/c1-7-9-10-12(5,6)11(3,4)8-2/h8H,2,7,9H2,1,3-6H3. The van der Waals surface area contributed by atoms with Crippen LogP contribution in [0.5, 0.6) is 0 Å². The highest BCUT2D eigenvalue weighted by atomic mass is 29.3. The zero-order valence-corrected chi connectivity index (χ0v) is 11.1. The average Bonchev–Trinajstić information content (AvgIpc) is 2.00. The van der Waals surface area contributed by atoms with E-state index in [1.807, 2.05) is 0 Å². The van der Waals surface area contributed by atoms with E-state index < -0.39 is 15.4 Å². The van der Waals surface area contributed by atoms with Crippen LogP contribution in [0, 0.1) is 0 Å². The lowest BCUT2D eigenvalue weighted by Crippen LogP contribution is -2.55. The van der Waals surface area contributed by atoms with Crippen molar-refractivity contribution >= 4 is 15.4 Å². The van der Waals surface area contributed by atoms with Crippen molar-refractivity contribution in [3.05, 3.63) is 12.3 Å². The summed E-state index contributed by atoms with van der Waals surface area (Å²) in [5.41, 5.74) is 2.16. The first-order chi connectivity index (χ1) is 5.37. The van der Waals surface area contributed by atoms with Gasteiger partial charge in [0, 0.05) is 6.61 Å². The molecule has 0 rings (SSSR count). The molecule has 72 valence electrons. The van der Waals surface area contributed by atoms with Crippen LogP contribution in [-0.2, 0) is 4.43 Å². The number of hydrogen-bond donors (Lipinski definition) is 0. The van der Waals surface area contributed by atoms with Gasteiger partial charge in [-0.1, -0.05) is 20.0 Å².